The van der Waals surface area contributed by atoms with Gasteiger partial charge in [0, 0.05) is 19.3 Å². The van der Waals surface area contributed by atoms with Crippen LogP contribution in [0.2, 0.25) is 0 Å². The predicted molar refractivity (Wildman–Crippen MR) is 141 cm³/mol. The van der Waals surface area contributed by atoms with Gasteiger partial charge in [0.15, 0.2) is 17.4 Å². The Morgan fingerprint density at radius 1 is 1.00 bits per heavy atom. The molecule has 0 spiro atoms. The van der Waals surface area contributed by atoms with E-state index < -0.39 is 32.0 Å². The summed E-state index contributed by atoms with van der Waals surface area (Å²) in [5, 5.41) is 4.48. The zero-order valence-electron chi connectivity index (χ0n) is 21.3. The Balaban J connectivity index is 1.46. The minimum Gasteiger partial charge on any atom is -0.291 e. The normalized spacial score (nSPS) is 19.1. The fraction of sp³-hybridized carbons (Fsp3) is 0.207. The van der Waals surface area contributed by atoms with E-state index in [0.717, 1.165) is 27.7 Å². The lowest BCUT2D eigenvalue weighted by Crippen LogP contribution is -2.53. The molecule has 11 heteroatoms. The minimum atomic E-state index is -4.26. The smallest absolute Gasteiger partial charge is 0.243 e. The van der Waals surface area contributed by atoms with Crippen molar-refractivity contribution < 1.29 is 26.4 Å². The molecule has 1 saturated heterocycles. The Labute approximate surface area is 228 Å². The van der Waals surface area contributed by atoms with Gasteiger partial charge in [-0.15, -0.1) is 0 Å². The van der Waals surface area contributed by atoms with Gasteiger partial charge in [-0.25, -0.2) is 26.3 Å². The van der Waals surface area contributed by atoms with Crippen LogP contribution in [0.5, 0.6) is 0 Å². The fourth-order valence-corrected chi connectivity index (χ4v) is 7.01. The van der Waals surface area contributed by atoms with Crippen LogP contribution in [0.4, 0.5) is 13.2 Å². The molecule has 40 heavy (non-hydrogen) atoms. The standard InChI is InChI=1S/C29H23F3N4O3S/c1-18-8-10-33-26(12-18)28(37)29-15-19-16-34-36(22-4-2-21(30)3-5-22)27(19)13-20(29)9-11-35(17-29)40(38,39)23-6-7-24(31)25(32)14-23/h2-8,10,12-14,16H,9,11,15,17H2,1H3/t29-/m0/s1. The molecule has 0 radical (unpaired) electrons. The zero-order chi connectivity index (χ0) is 28.2. The summed E-state index contributed by atoms with van der Waals surface area (Å²) < 4.78 is 71.1. The number of carbonyl (C=O) groups is 1. The molecule has 2 aliphatic rings. The van der Waals surface area contributed by atoms with E-state index in [1.54, 1.807) is 35.1 Å². The average molecular weight is 565 g/mol. The summed E-state index contributed by atoms with van der Waals surface area (Å²) in [4.78, 5) is 18.1. The molecule has 4 aromatic rings. The largest absolute Gasteiger partial charge is 0.291 e. The summed E-state index contributed by atoms with van der Waals surface area (Å²) in [5.74, 6) is -3.15. The number of pyridine rings is 1. The first kappa shape index (κ1) is 26.1. The van der Waals surface area contributed by atoms with Crippen LogP contribution in [0, 0.1) is 29.8 Å². The third-order valence-electron chi connectivity index (χ3n) is 7.56. The van der Waals surface area contributed by atoms with Crippen LogP contribution >= 0.6 is 0 Å². The van der Waals surface area contributed by atoms with Crippen molar-refractivity contribution in [3.8, 4) is 5.69 Å². The van der Waals surface area contributed by atoms with Crippen LogP contribution in [-0.2, 0) is 16.4 Å². The van der Waals surface area contributed by atoms with Crippen molar-refractivity contribution in [3.63, 3.8) is 0 Å². The lowest BCUT2D eigenvalue weighted by atomic mass is 9.65. The first-order valence-electron chi connectivity index (χ1n) is 12.5. The summed E-state index contributed by atoms with van der Waals surface area (Å²) in [6.45, 7) is 1.65. The van der Waals surface area contributed by atoms with E-state index in [1.165, 1.54) is 18.3 Å². The number of ketones is 1. The average Bonchev–Trinajstić information content (AvgIpc) is 3.35. The van der Waals surface area contributed by atoms with Crippen LogP contribution in [0.25, 0.3) is 11.8 Å². The lowest BCUT2D eigenvalue weighted by Gasteiger charge is -2.44. The molecule has 1 aliphatic heterocycles. The summed E-state index contributed by atoms with van der Waals surface area (Å²) in [6, 6.07) is 11.7. The number of hydrogen-bond donors (Lipinski definition) is 0. The number of halogens is 3. The van der Waals surface area contributed by atoms with E-state index in [0.29, 0.717) is 22.9 Å². The molecule has 0 saturated carbocycles. The van der Waals surface area contributed by atoms with Gasteiger partial charge in [0.25, 0.3) is 0 Å². The number of aryl methyl sites for hydroxylation is 1. The maximum absolute atomic E-state index is 14.2. The van der Waals surface area contributed by atoms with Crippen molar-refractivity contribution in [2.24, 2.45) is 5.41 Å². The molecule has 1 fully saturated rings. The van der Waals surface area contributed by atoms with E-state index in [1.807, 2.05) is 13.0 Å². The second-order valence-corrected chi connectivity index (χ2v) is 12.0. The lowest BCUT2D eigenvalue weighted by molar-refractivity contribution is 0.0770. The van der Waals surface area contributed by atoms with Crippen molar-refractivity contribution in [1.82, 2.24) is 19.1 Å². The number of aromatic nitrogens is 3. The Morgan fingerprint density at radius 2 is 1.77 bits per heavy atom. The molecule has 0 bridgehead atoms. The van der Waals surface area contributed by atoms with E-state index in [-0.39, 0.29) is 43.2 Å². The van der Waals surface area contributed by atoms with Crippen molar-refractivity contribution in [2.75, 3.05) is 13.1 Å². The molecule has 0 unspecified atom stereocenters. The molecule has 7 nitrogen and oxygen atoms in total. The number of carbonyl (C=O) groups excluding carboxylic acids is 1. The van der Waals surface area contributed by atoms with Gasteiger partial charge in [0.1, 0.15) is 11.5 Å². The number of piperidine rings is 1. The Hall–Kier alpha value is -4.09. The Morgan fingerprint density at radius 3 is 2.50 bits per heavy atom. The van der Waals surface area contributed by atoms with Gasteiger partial charge in [-0.05, 0) is 91.6 Å². The van der Waals surface area contributed by atoms with Gasteiger partial charge in [-0.1, -0.05) is 5.57 Å². The Kier molecular flexibility index (Phi) is 6.23. The number of rotatable bonds is 5. The molecule has 0 N–H and O–H groups in total. The topological polar surface area (TPSA) is 85.2 Å². The first-order valence-corrected chi connectivity index (χ1v) is 14.0. The molecular formula is C29H23F3N4O3S. The molecule has 1 aliphatic carbocycles. The summed E-state index contributed by atoms with van der Waals surface area (Å²) in [6.07, 6.45) is 5.36. The van der Waals surface area contributed by atoms with Gasteiger partial charge < -0.3 is 0 Å². The molecule has 1 atom stereocenters. The highest BCUT2D eigenvalue weighted by Gasteiger charge is 2.51. The molecular weight excluding hydrogens is 541 g/mol. The third-order valence-corrected chi connectivity index (χ3v) is 9.40. The number of sulfonamides is 1. The summed E-state index contributed by atoms with van der Waals surface area (Å²) in [5.41, 5.74) is 2.51. The van der Waals surface area contributed by atoms with Crippen molar-refractivity contribution in [3.05, 3.63) is 113 Å². The summed E-state index contributed by atoms with van der Waals surface area (Å²) >= 11 is 0. The molecule has 6 rings (SSSR count). The van der Waals surface area contributed by atoms with Crippen LogP contribution in [0.15, 0.2) is 77.5 Å². The van der Waals surface area contributed by atoms with Crippen molar-refractivity contribution >= 4 is 21.9 Å². The molecule has 0 amide bonds. The van der Waals surface area contributed by atoms with E-state index in [9.17, 15) is 26.4 Å². The van der Waals surface area contributed by atoms with Crippen LogP contribution in [0.3, 0.4) is 0 Å². The van der Waals surface area contributed by atoms with Crippen LogP contribution < -0.4 is 0 Å². The van der Waals surface area contributed by atoms with Gasteiger partial charge in [0.05, 0.1) is 27.9 Å². The number of benzene rings is 2. The quantitative estimate of drug-likeness (QED) is 0.322. The van der Waals surface area contributed by atoms with Gasteiger partial charge in [0.2, 0.25) is 10.0 Å². The highest BCUT2D eigenvalue weighted by atomic mass is 32.2. The number of fused-ring (bicyclic) bond motifs is 2. The van der Waals surface area contributed by atoms with Crippen molar-refractivity contribution in [1.29, 1.82) is 0 Å². The number of nitrogens with zero attached hydrogens (tertiary/aromatic N) is 4. The van der Waals surface area contributed by atoms with Crippen molar-refractivity contribution in [2.45, 2.75) is 24.7 Å². The van der Waals surface area contributed by atoms with Crippen LogP contribution in [0.1, 0.15) is 33.7 Å². The molecule has 2 aromatic carbocycles. The second-order valence-electron chi connectivity index (χ2n) is 10.1. The van der Waals surface area contributed by atoms with Gasteiger partial charge in [-0.3, -0.25) is 9.78 Å². The van der Waals surface area contributed by atoms with Gasteiger partial charge in [-0.2, -0.15) is 9.40 Å². The maximum Gasteiger partial charge on any atom is 0.243 e. The molecule has 204 valence electrons. The second kappa shape index (κ2) is 9.53. The number of hydrogen-bond acceptors (Lipinski definition) is 5. The monoisotopic (exact) mass is 564 g/mol. The molecule has 2 aromatic heterocycles. The minimum absolute atomic E-state index is 0.0312. The highest BCUT2D eigenvalue weighted by Crippen LogP contribution is 2.47. The first-order chi connectivity index (χ1) is 19.1. The predicted octanol–water partition coefficient (Wildman–Crippen LogP) is 4.90. The van der Waals surface area contributed by atoms with Crippen LogP contribution in [-0.4, -0.2) is 46.4 Å². The Bertz CT molecular complexity index is 1800. The zero-order valence-corrected chi connectivity index (χ0v) is 22.1. The molecule has 3 heterocycles. The highest BCUT2D eigenvalue weighted by molar-refractivity contribution is 7.89. The van der Waals surface area contributed by atoms with E-state index in [2.05, 4.69) is 10.1 Å². The maximum atomic E-state index is 14.2. The summed E-state index contributed by atoms with van der Waals surface area (Å²) in [7, 11) is -4.26. The van der Waals surface area contributed by atoms with E-state index in [4.69, 9.17) is 0 Å². The third kappa shape index (κ3) is 4.25. The SMILES string of the molecule is Cc1ccnc(C(=O)[C@]23Cc4cnn(-c5ccc(F)cc5)c4C=C2CCN(S(=O)(=O)c2ccc(F)c(F)c2)C3)c1. The van der Waals surface area contributed by atoms with E-state index >= 15 is 0 Å². The number of Topliss-reactive ketones (excluding diaryl/α,β-unsaturated/α-hetero) is 1. The van der Waals surface area contributed by atoms with Gasteiger partial charge >= 0.3 is 0 Å². The fourth-order valence-electron chi connectivity index (χ4n) is 5.50.